The fourth-order valence-electron chi connectivity index (χ4n) is 3.45. The summed E-state index contributed by atoms with van der Waals surface area (Å²) in [7, 11) is 0. The molecule has 2 fully saturated rings. The van der Waals surface area contributed by atoms with Gasteiger partial charge in [-0.3, -0.25) is 4.79 Å². The maximum Gasteiger partial charge on any atom is 0.511 e. The Labute approximate surface area is 152 Å². The van der Waals surface area contributed by atoms with E-state index in [0.29, 0.717) is 18.5 Å². The molecule has 0 unspecified atom stereocenters. The number of hydrogen-bond donors (Lipinski definition) is 2. The van der Waals surface area contributed by atoms with E-state index < -0.39 is 23.5 Å². The summed E-state index contributed by atoms with van der Waals surface area (Å²) >= 11 is 6.50. The van der Waals surface area contributed by atoms with E-state index in [-0.39, 0.29) is 34.4 Å². The predicted molar refractivity (Wildman–Crippen MR) is 92.9 cm³/mol. The van der Waals surface area contributed by atoms with E-state index in [2.05, 4.69) is 4.74 Å². The van der Waals surface area contributed by atoms with E-state index in [4.69, 9.17) is 16.7 Å². The molecule has 0 spiro atoms. The molecule has 1 atom stereocenters. The van der Waals surface area contributed by atoms with Crippen LogP contribution >= 0.6 is 11.6 Å². The first-order valence-electron chi connectivity index (χ1n) is 8.27. The third-order valence-electron chi connectivity index (χ3n) is 4.77. The molecular weight excluding hydrogens is 367 g/mol. The van der Waals surface area contributed by atoms with Gasteiger partial charge in [0.15, 0.2) is 5.75 Å². The number of anilines is 1. The van der Waals surface area contributed by atoms with Crippen molar-refractivity contribution in [1.29, 1.82) is 0 Å². The Morgan fingerprint density at radius 2 is 2.08 bits per heavy atom. The van der Waals surface area contributed by atoms with Gasteiger partial charge in [0, 0.05) is 19.1 Å². The number of rotatable bonds is 3. The molecule has 26 heavy (non-hydrogen) atoms. The van der Waals surface area contributed by atoms with Crippen molar-refractivity contribution in [1.82, 2.24) is 4.57 Å². The molecule has 0 radical (unpaired) electrons. The highest BCUT2D eigenvalue weighted by Crippen LogP contribution is 2.43. The minimum Gasteiger partial charge on any atom is -0.449 e. The van der Waals surface area contributed by atoms with E-state index in [1.54, 1.807) is 9.47 Å². The van der Waals surface area contributed by atoms with E-state index in [9.17, 15) is 19.1 Å². The lowest BCUT2D eigenvalue weighted by atomic mass is 10.1. The molecule has 4 rings (SSSR count). The van der Waals surface area contributed by atoms with Gasteiger partial charge in [0.2, 0.25) is 5.43 Å². The summed E-state index contributed by atoms with van der Waals surface area (Å²) in [6.07, 6.45) is 1.35. The monoisotopic (exact) mass is 382 g/mol. The molecule has 1 saturated heterocycles. The van der Waals surface area contributed by atoms with Crippen molar-refractivity contribution in [2.24, 2.45) is 0 Å². The summed E-state index contributed by atoms with van der Waals surface area (Å²) in [6, 6.07) is 1.12. The van der Waals surface area contributed by atoms with Crippen LogP contribution in [0.4, 0.5) is 14.9 Å². The Kier molecular flexibility index (Phi) is 4.04. The van der Waals surface area contributed by atoms with Gasteiger partial charge in [-0.15, -0.1) is 0 Å². The van der Waals surface area contributed by atoms with Crippen LogP contribution in [-0.4, -0.2) is 40.1 Å². The number of carboxylic acid groups (broad SMARTS) is 1. The third kappa shape index (κ3) is 2.79. The number of fused-ring (bicyclic) bond motifs is 1. The van der Waals surface area contributed by atoms with Crippen LogP contribution in [0.25, 0.3) is 10.9 Å². The molecule has 1 aromatic carbocycles. The summed E-state index contributed by atoms with van der Waals surface area (Å²) in [5.74, 6) is -1.07. The number of pyridine rings is 1. The molecule has 1 aliphatic heterocycles. The second kappa shape index (κ2) is 6.14. The zero-order valence-corrected chi connectivity index (χ0v) is 14.4. The Balaban J connectivity index is 1.97. The molecule has 138 valence electrons. The fourth-order valence-corrected chi connectivity index (χ4v) is 3.86. The van der Waals surface area contributed by atoms with Gasteiger partial charge in [-0.25, -0.2) is 9.18 Å². The first kappa shape index (κ1) is 17.1. The third-order valence-corrected chi connectivity index (χ3v) is 5.13. The Morgan fingerprint density at radius 1 is 1.35 bits per heavy atom. The van der Waals surface area contributed by atoms with Gasteiger partial charge < -0.3 is 24.4 Å². The van der Waals surface area contributed by atoms with Gasteiger partial charge in [-0.05, 0) is 25.3 Å². The van der Waals surface area contributed by atoms with Crippen LogP contribution in [0.5, 0.6) is 5.75 Å². The number of benzene rings is 1. The van der Waals surface area contributed by atoms with Gasteiger partial charge >= 0.3 is 6.16 Å². The minimum absolute atomic E-state index is 0.0263. The minimum atomic E-state index is -1.61. The second-order valence-corrected chi connectivity index (χ2v) is 7.01. The molecule has 2 aromatic rings. The van der Waals surface area contributed by atoms with E-state index >= 15 is 0 Å². The Bertz CT molecular complexity index is 972. The van der Waals surface area contributed by atoms with Gasteiger partial charge in [-0.1, -0.05) is 11.6 Å². The molecule has 9 heteroatoms. The van der Waals surface area contributed by atoms with Crippen molar-refractivity contribution in [3.8, 4) is 5.75 Å². The molecule has 1 aliphatic carbocycles. The summed E-state index contributed by atoms with van der Waals surface area (Å²) in [6.45, 7) is 0.715. The SMILES string of the molecule is O=C(O)Oc1cn(C2CC2)c2c(Cl)c(N3CC[C@H](O)C3)c(F)cc2c1=O. The van der Waals surface area contributed by atoms with Crippen LogP contribution in [0.1, 0.15) is 25.3 Å². The van der Waals surface area contributed by atoms with Crippen LogP contribution in [0.2, 0.25) is 5.02 Å². The molecule has 2 heterocycles. The lowest BCUT2D eigenvalue weighted by Gasteiger charge is -2.23. The van der Waals surface area contributed by atoms with Gasteiger partial charge in [0.25, 0.3) is 0 Å². The van der Waals surface area contributed by atoms with Crippen LogP contribution < -0.4 is 15.1 Å². The Hall–Kier alpha value is -2.32. The highest BCUT2D eigenvalue weighted by molar-refractivity contribution is 6.38. The summed E-state index contributed by atoms with van der Waals surface area (Å²) in [5.41, 5.74) is -0.223. The number of halogens is 2. The number of hydrogen-bond acceptors (Lipinski definition) is 5. The molecule has 1 aromatic heterocycles. The predicted octanol–water partition coefficient (Wildman–Crippen LogP) is 2.76. The lowest BCUT2D eigenvalue weighted by Crippen LogP contribution is -2.24. The average Bonchev–Trinajstić information content (AvgIpc) is 3.32. The standard InChI is InChI=1S/C17H16ClFN2O5/c18-13-14-10(5-11(19)15(13)20-4-3-9(22)6-20)16(23)12(26-17(24)25)7-21(14)8-1-2-8/h5,7-9,22H,1-4,6H2,(H,24,25)/t9-/m0/s1. The van der Waals surface area contributed by atoms with Crippen molar-refractivity contribution in [2.45, 2.75) is 31.4 Å². The first-order chi connectivity index (χ1) is 12.4. The van der Waals surface area contributed by atoms with Crippen LogP contribution in [0.15, 0.2) is 17.1 Å². The van der Waals surface area contributed by atoms with E-state index in [1.807, 2.05) is 0 Å². The number of aliphatic hydroxyl groups is 1. The maximum absolute atomic E-state index is 14.8. The highest BCUT2D eigenvalue weighted by atomic mass is 35.5. The van der Waals surface area contributed by atoms with Gasteiger partial charge in [0.05, 0.1) is 33.9 Å². The Morgan fingerprint density at radius 3 is 2.65 bits per heavy atom. The number of β-amino-alcohol motifs (C(OH)–C–C–N with tert-alkyl or cyclic N) is 1. The van der Waals surface area contributed by atoms with E-state index in [0.717, 1.165) is 18.9 Å². The fraction of sp³-hybridized carbons (Fsp3) is 0.412. The number of ether oxygens (including phenoxy) is 1. The average molecular weight is 383 g/mol. The maximum atomic E-state index is 14.8. The molecule has 0 amide bonds. The number of carbonyl (C=O) groups is 1. The topological polar surface area (TPSA) is 92.0 Å². The van der Waals surface area contributed by atoms with Crippen molar-refractivity contribution in [3.63, 3.8) is 0 Å². The highest BCUT2D eigenvalue weighted by Gasteiger charge is 2.31. The van der Waals surface area contributed by atoms with E-state index in [1.165, 1.54) is 6.20 Å². The van der Waals surface area contributed by atoms with Crippen LogP contribution in [0, 0.1) is 5.82 Å². The second-order valence-electron chi connectivity index (χ2n) is 6.63. The van der Waals surface area contributed by atoms with Crippen molar-refractivity contribution in [2.75, 3.05) is 18.0 Å². The molecule has 1 saturated carbocycles. The zero-order chi connectivity index (χ0) is 18.6. The summed E-state index contributed by atoms with van der Waals surface area (Å²) < 4.78 is 21.0. The normalized spacial score (nSPS) is 20.0. The summed E-state index contributed by atoms with van der Waals surface area (Å²) in [4.78, 5) is 25.1. The lowest BCUT2D eigenvalue weighted by molar-refractivity contribution is 0.143. The largest absolute Gasteiger partial charge is 0.511 e. The van der Waals surface area contributed by atoms with Crippen molar-refractivity contribution < 1.29 is 24.1 Å². The van der Waals surface area contributed by atoms with Crippen LogP contribution in [0.3, 0.4) is 0 Å². The van der Waals surface area contributed by atoms with Crippen molar-refractivity contribution in [3.05, 3.63) is 33.3 Å². The zero-order valence-electron chi connectivity index (χ0n) is 13.6. The molecular formula is C17H16ClFN2O5. The van der Waals surface area contributed by atoms with Gasteiger partial charge in [-0.2, -0.15) is 0 Å². The molecule has 0 bridgehead atoms. The number of aliphatic hydroxyl groups excluding tert-OH is 1. The number of nitrogens with zero attached hydrogens (tertiary/aromatic N) is 2. The number of aromatic nitrogens is 1. The summed E-state index contributed by atoms with van der Waals surface area (Å²) in [5, 5.41) is 18.6. The quantitative estimate of drug-likeness (QED) is 0.793. The molecule has 2 aliphatic rings. The first-order valence-corrected chi connectivity index (χ1v) is 8.65. The van der Waals surface area contributed by atoms with Crippen molar-refractivity contribution >= 4 is 34.3 Å². The molecule has 7 nitrogen and oxygen atoms in total. The molecule has 2 N–H and O–H groups in total. The smallest absolute Gasteiger partial charge is 0.449 e. The van der Waals surface area contributed by atoms with Crippen LogP contribution in [-0.2, 0) is 0 Å². The van der Waals surface area contributed by atoms with Gasteiger partial charge in [0.1, 0.15) is 5.82 Å².